The summed E-state index contributed by atoms with van der Waals surface area (Å²) in [7, 11) is 0. The first-order valence-corrected chi connectivity index (χ1v) is 7.68. The molecular formula is C15H21NO3. The molecule has 4 aliphatic rings. The van der Waals surface area contributed by atoms with E-state index in [4.69, 9.17) is 5.11 Å². The number of carboxylic acid groups (broad SMARTS) is 1. The second kappa shape index (κ2) is 3.97. The zero-order valence-corrected chi connectivity index (χ0v) is 11.1. The fraction of sp³-hybridized carbons (Fsp3) is 0.867. The summed E-state index contributed by atoms with van der Waals surface area (Å²) in [4.78, 5) is 25.4. The van der Waals surface area contributed by atoms with Gasteiger partial charge in [0.25, 0.3) is 0 Å². The lowest BCUT2D eigenvalue weighted by Crippen LogP contribution is -2.41. The molecule has 0 spiro atoms. The average molecular weight is 263 g/mol. The third kappa shape index (κ3) is 1.65. The van der Waals surface area contributed by atoms with E-state index in [2.05, 4.69) is 0 Å². The molecule has 19 heavy (non-hydrogen) atoms. The van der Waals surface area contributed by atoms with Gasteiger partial charge in [-0.1, -0.05) is 0 Å². The highest BCUT2D eigenvalue weighted by Crippen LogP contribution is 2.69. The molecule has 1 N–H and O–H groups in total. The normalized spacial score (nSPS) is 44.2. The van der Waals surface area contributed by atoms with Gasteiger partial charge in [-0.2, -0.15) is 0 Å². The summed E-state index contributed by atoms with van der Waals surface area (Å²) in [6, 6.07) is 0. The maximum absolute atomic E-state index is 12.5. The smallest absolute Gasteiger partial charge is 0.306 e. The van der Waals surface area contributed by atoms with Gasteiger partial charge in [0.15, 0.2) is 0 Å². The van der Waals surface area contributed by atoms with E-state index in [1.807, 2.05) is 4.90 Å². The SMILES string of the molecule is O=C(O)C1CCN(C(=O)C2C3C4CCC(C4)C23)CC1. The molecule has 1 heterocycles. The Kier molecular flexibility index (Phi) is 2.45. The van der Waals surface area contributed by atoms with E-state index in [-0.39, 0.29) is 5.92 Å². The lowest BCUT2D eigenvalue weighted by atomic mass is 9.95. The number of rotatable bonds is 2. The van der Waals surface area contributed by atoms with E-state index in [9.17, 15) is 9.59 Å². The molecule has 2 bridgehead atoms. The van der Waals surface area contributed by atoms with Gasteiger partial charge >= 0.3 is 5.97 Å². The number of piperidine rings is 1. The Hall–Kier alpha value is -1.06. The van der Waals surface area contributed by atoms with Crippen molar-refractivity contribution >= 4 is 11.9 Å². The molecule has 0 aromatic carbocycles. The van der Waals surface area contributed by atoms with Crippen LogP contribution in [0.2, 0.25) is 0 Å². The van der Waals surface area contributed by atoms with Crippen LogP contribution in [0.5, 0.6) is 0 Å². The molecule has 4 heteroatoms. The number of fused-ring (bicyclic) bond motifs is 5. The van der Waals surface area contributed by atoms with Gasteiger partial charge in [0.1, 0.15) is 0 Å². The maximum Gasteiger partial charge on any atom is 0.306 e. The van der Waals surface area contributed by atoms with E-state index >= 15 is 0 Å². The summed E-state index contributed by atoms with van der Waals surface area (Å²) in [5.74, 6) is 2.78. The zero-order valence-electron chi connectivity index (χ0n) is 11.1. The van der Waals surface area contributed by atoms with Crippen LogP contribution >= 0.6 is 0 Å². The number of aliphatic carboxylic acids is 1. The van der Waals surface area contributed by atoms with Gasteiger partial charge in [-0.25, -0.2) is 0 Å². The van der Waals surface area contributed by atoms with Crippen molar-refractivity contribution in [3.63, 3.8) is 0 Å². The van der Waals surface area contributed by atoms with Gasteiger partial charge < -0.3 is 10.0 Å². The molecule has 3 saturated carbocycles. The Morgan fingerprint density at radius 1 is 0.947 bits per heavy atom. The van der Waals surface area contributed by atoms with Gasteiger partial charge in [0.05, 0.1) is 5.92 Å². The third-order valence-corrected chi connectivity index (χ3v) is 6.18. The van der Waals surface area contributed by atoms with E-state index < -0.39 is 5.97 Å². The molecule has 104 valence electrons. The summed E-state index contributed by atoms with van der Waals surface area (Å²) < 4.78 is 0. The van der Waals surface area contributed by atoms with Crippen LogP contribution in [-0.2, 0) is 9.59 Å². The summed E-state index contributed by atoms with van der Waals surface area (Å²) >= 11 is 0. The predicted octanol–water partition coefficient (Wildman–Crippen LogP) is 1.60. The van der Waals surface area contributed by atoms with Crippen molar-refractivity contribution < 1.29 is 14.7 Å². The fourth-order valence-corrected chi connectivity index (χ4v) is 5.21. The number of amides is 1. The Morgan fingerprint density at radius 2 is 1.53 bits per heavy atom. The quantitative estimate of drug-likeness (QED) is 0.823. The van der Waals surface area contributed by atoms with Gasteiger partial charge in [-0.3, -0.25) is 9.59 Å². The highest BCUT2D eigenvalue weighted by Gasteiger charge is 2.68. The summed E-state index contributed by atoms with van der Waals surface area (Å²) in [6.07, 6.45) is 5.33. The van der Waals surface area contributed by atoms with Crippen LogP contribution in [0.15, 0.2) is 0 Å². The highest BCUT2D eigenvalue weighted by molar-refractivity contribution is 5.83. The number of nitrogens with zero attached hydrogens (tertiary/aromatic N) is 1. The van der Waals surface area contributed by atoms with E-state index in [1.165, 1.54) is 19.3 Å². The van der Waals surface area contributed by atoms with Crippen LogP contribution in [0.25, 0.3) is 0 Å². The monoisotopic (exact) mass is 263 g/mol. The predicted molar refractivity (Wildman–Crippen MR) is 68.2 cm³/mol. The first-order valence-electron chi connectivity index (χ1n) is 7.68. The van der Waals surface area contributed by atoms with Crippen molar-refractivity contribution in [2.24, 2.45) is 35.5 Å². The van der Waals surface area contributed by atoms with Gasteiger partial charge in [-0.15, -0.1) is 0 Å². The first kappa shape index (κ1) is 11.7. The molecule has 0 aromatic heterocycles. The number of carbonyl (C=O) groups excluding carboxylic acids is 1. The van der Waals surface area contributed by atoms with E-state index in [0.29, 0.717) is 49.6 Å². The van der Waals surface area contributed by atoms with Crippen molar-refractivity contribution in [2.75, 3.05) is 13.1 Å². The molecule has 4 nitrogen and oxygen atoms in total. The minimum atomic E-state index is -0.701. The molecule has 0 radical (unpaired) electrons. The topological polar surface area (TPSA) is 57.6 Å². The molecule has 4 rings (SSSR count). The second-order valence-corrected chi connectivity index (χ2v) is 6.95. The minimum absolute atomic E-state index is 0.237. The molecular weight excluding hydrogens is 242 g/mol. The lowest BCUT2D eigenvalue weighted by Gasteiger charge is -2.31. The zero-order chi connectivity index (χ0) is 13.1. The van der Waals surface area contributed by atoms with Crippen LogP contribution < -0.4 is 0 Å². The number of likely N-dealkylation sites (tertiary alicyclic amines) is 1. The molecule has 4 atom stereocenters. The Labute approximate surface area is 113 Å². The third-order valence-electron chi connectivity index (χ3n) is 6.18. The number of hydrogen-bond acceptors (Lipinski definition) is 2. The van der Waals surface area contributed by atoms with Crippen LogP contribution in [-0.4, -0.2) is 35.0 Å². The van der Waals surface area contributed by atoms with E-state index in [0.717, 1.165) is 11.8 Å². The molecule has 0 aromatic rings. The van der Waals surface area contributed by atoms with Crippen LogP contribution in [0.3, 0.4) is 0 Å². The van der Waals surface area contributed by atoms with Crippen molar-refractivity contribution in [3.8, 4) is 0 Å². The standard InChI is InChI=1S/C15H21NO3/c17-14(16-5-3-8(4-6-16)15(18)19)13-11-9-1-2-10(7-9)12(11)13/h8-13H,1-7H2,(H,18,19). The molecule has 1 saturated heterocycles. The van der Waals surface area contributed by atoms with Crippen LogP contribution in [0, 0.1) is 35.5 Å². The summed E-state index contributed by atoms with van der Waals surface area (Å²) in [5.41, 5.74) is 0. The largest absolute Gasteiger partial charge is 0.481 e. The van der Waals surface area contributed by atoms with Crippen LogP contribution in [0.1, 0.15) is 32.1 Å². The lowest BCUT2D eigenvalue weighted by molar-refractivity contribution is -0.146. The Balaban J connectivity index is 1.37. The molecule has 1 aliphatic heterocycles. The van der Waals surface area contributed by atoms with Gasteiger partial charge in [-0.05, 0) is 55.8 Å². The van der Waals surface area contributed by atoms with Crippen molar-refractivity contribution in [1.29, 1.82) is 0 Å². The highest BCUT2D eigenvalue weighted by atomic mass is 16.4. The number of carboxylic acids is 1. The first-order chi connectivity index (χ1) is 9.16. The van der Waals surface area contributed by atoms with Crippen LogP contribution in [0.4, 0.5) is 0 Å². The molecule has 3 aliphatic carbocycles. The number of carbonyl (C=O) groups is 2. The van der Waals surface area contributed by atoms with E-state index in [1.54, 1.807) is 0 Å². The Morgan fingerprint density at radius 3 is 2.05 bits per heavy atom. The van der Waals surface area contributed by atoms with Gasteiger partial charge in [0.2, 0.25) is 5.91 Å². The average Bonchev–Trinajstić information content (AvgIpc) is 2.85. The van der Waals surface area contributed by atoms with Gasteiger partial charge in [0, 0.05) is 19.0 Å². The Bertz CT molecular complexity index is 411. The molecule has 4 fully saturated rings. The van der Waals surface area contributed by atoms with Crippen molar-refractivity contribution in [1.82, 2.24) is 4.90 Å². The summed E-state index contributed by atoms with van der Waals surface area (Å²) in [6.45, 7) is 1.31. The number of hydrogen-bond donors (Lipinski definition) is 1. The van der Waals surface area contributed by atoms with Crippen molar-refractivity contribution in [3.05, 3.63) is 0 Å². The maximum atomic E-state index is 12.5. The minimum Gasteiger partial charge on any atom is -0.481 e. The second-order valence-electron chi connectivity index (χ2n) is 6.95. The summed E-state index contributed by atoms with van der Waals surface area (Å²) in [5, 5.41) is 8.99. The fourth-order valence-electron chi connectivity index (χ4n) is 5.21. The molecule has 4 unspecified atom stereocenters. The van der Waals surface area contributed by atoms with Crippen molar-refractivity contribution in [2.45, 2.75) is 32.1 Å². The molecule has 1 amide bonds.